The molecule has 16 heavy (non-hydrogen) atoms. The quantitative estimate of drug-likeness (QED) is 0.757. The fourth-order valence-electron chi connectivity index (χ4n) is 2.08. The summed E-state index contributed by atoms with van der Waals surface area (Å²) in [5.74, 6) is 1.84. The zero-order valence-corrected chi connectivity index (χ0v) is 10.7. The molecule has 4 heteroatoms. The van der Waals surface area contributed by atoms with E-state index in [-0.39, 0.29) is 0 Å². The summed E-state index contributed by atoms with van der Waals surface area (Å²) in [6, 6.07) is 0. The third kappa shape index (κ3) is 2.46. The number of aryl methyl sites for hydroxylation is 1. The van der Waals surface area contributed by atoms with Crippen LogP contribution in [0.15, 0.2) is 6.20 Å². The van der Waals surface area contributed by atoms with Gasteiger partial charge in [-0.25, -0.2) is 9.97 Å². The van der Waals surface area contributed by atoms with E-state index in [9.17, 15) is 0 Å². The number of rotatable bonds is 4. The summed E-state index contributed by atoms with van der Waals surface area (Å²) in [6.07, 6.45) is 5.89. The molecular formula is C12H18ClN3. The lowest BCUT2D eigenvalue weighted by molar-refractivity contribution is 0.318. The molecule has 2 rings (SSSR count). The molecule has 0 saturated heterocycles. The van der Waals surface area contributed by atoms with Gasteiger partial charge >= 0.3 is 0 Å². The van der Waals surface area contributed by atoms with Crippen LogP contribution in [0.4, 0.5) is 5.82 Å². The second-order valence-electron chi connectivity index (χ2n) is 4.48. The first-order valence-corrected chi connectivity index (χ1v) is 6.32. The van der Waals surface area contributed by atoms with Crippen LogP contribution in [0.25, 0.3) is 0 Å². The predicted octanol–water partition coefficient (Wildman–Crippen LogP) is 3.06. The molecule has 0 aromatic carbocycles. The van der Waals surface area contributed by atoms with Crippen molar-refractivity contribution in [3.63, 3.8) is 0 Å². The molecule has 1 saturated carbocycles. The van der Waals surface area contributed by atoms with Crippen molar-refractivity contribution in [3.8, 4) is 0 Å². The van der Waals surface area contributed by atoms with Gasteiger partial charge in [0, 0.05) is 24.8 Å². The first-order chi connectivity index (χ1) is 7.70. The highest BCUT2D eigenvalue weighted by Gasteiger charge is 2.21. The summed E-state index contributed by atoms with van der Waals surface area (Å²) in [6.45, 7) is 6.28. The van der Waals surface area contributed by atoms with Crippen LogP contribution in [0.1, 0.15) is 31.7 Å². The lowest BCUT2D eigenvalue weighted by Gasteiger charge is -2.33. The van der Waals surface area contributed by atoms with Crippen molar-refractivity contribution >= 4 is 17.4 Å². The van der Waals surface area contributed by atoms with E-state index in [2.05, 4.69) is 21.8 Å². The topological polar surface area (TPSA) is 29.0 Å². The molecule has 0 amide bonds. The van der Waals surface area contributed by atoms with Gasteiger partial charge in [-0.15, -0.1) is 0 Å². The predicted molar refractivity (Wildman–Crippen MR) is 67.0 cm³/mol. The van der Waals surface area contributed by atoms with Crippen molar-refractivity contribution in [1.29, 1.82) is 0 Å². The number of anilines is 1. The Morgan fingerprint density at radius 2 is 2.25 bits per heavy atom. The molecule has 3 nitrogen and oxygen atoms in total. The van der Waals surface area contributed by atoms with Crippen molar-refractivity contribution in [2.45, 2.75) is 33.1 Å². The molecule has 0 unspecified atom stereocenters. The van der Waals surface area contributed by atoms with Gasteiger partial charge in [-0.3, -0.25) is 0 Å². The average Bonchev–Trinajstić information content (AvgIpc) is 2.21. The van der Waals surface area contributed by atoms with E-state index in [1.165, 1.54) is 19.3 Å². The molecule has 1 aliphatic carbocycles. The monoisotopic (exact) mass is 239 g/mol. The van der Waals surface area contributed by atoms with E-state index in [0.29, 0.717) is 5.28 Å². The molecule has 1 heterocycles. The summed E-state index contributed by atoms with van der Waals surface area (Å²) >= 11 is 5.85. The van der Waals surface area contributed by atoms with Crippen molar-refractivity contribution in [2.75, 3.05) is 18.0 Å². The minimum absolute atomic E-state index is 0.340. The number of nitrogens with zero attached hydrogens (tertiary/aromatic N) is 3. The maximum Gasteiger partial charge on any atom is 0.224 e. The molecule has 0 N–H and O–H groups in total. The van der Waals surface area contributed by atoms with Crippen LogP contribution in [0, 0.1) is 12.8 Å². The maximum absolute atomic E-state index is 5.85. The van der Waals surface area contributed by atoms with Crippen LogP contribution in [-0.2, 0) is 0 Å². The van der Waals surface area contributed by atoms with E-state index < -0.39 is 0 Å². The fraction of sp³-hybridized carbons (Fsp3) is 0.667. The summed E-state index contributed by atoms with van der Waals surface area (Å²) in [7, 11) is 0. The third-order valence-corrected chi connectivity index (χ3v) is 3.48. The van der Waals surface area contributed by atoms with Crippen molar-refractivity contribution in [2.24, 2.45) is 5.92 Å². The van der Waals surface area contributed by atoms with E-state index >= 15 is 0 Å². The van der Waals surface area contributed by atoms with E-state index in [0.717, 1.165) is 30.4 Å². The Morgan fingerprint density at radius 3 is 2.81 bits per heavy atom. The zero-order chi connectivity index (χ0) is 11.5. The van der Waals surface area contributed by atoms with Crippen LogP contribution in [0.3, 0.4) is 0 Å². The lowest BCUT2D eigenvalue weighted by atomic mass is 9.85. The minimum atomic E-state index is 0.340. The van der Waals surface area contributed by atoms with Crippen LogP contribution in [0.2, 0.25) is 5.28 Å². The van der Waals surface area contributed by atoms with Gasteiger partial charge in [-0.1, -0.05) is 6.42 Å². The summed E-state index contributed by atoms with van der Waals surface area (Å²) < 4.78 is 0. The maximum atomic E-state index is 5.85. The molecule has 1 aromatic rings. The molecule has 0 radical (unpaired) electrons. The second-order valence-corrected chi connectivity index (χ2v) is 4.82. The van der Waals surface area contributed by atoms with Crippen molar-refractivity contribution < 1.29 is 0 Å². The Balaban J connectivity index is 2.14. The molecular weight excluding hydrogens is 222 g/mol. The first-order valence-electron chi connectivity index (χ1n) is 5.94. The largest absolute Gasteiger partial charge is 0.356 e. The fourth-order valence-corrected chi connectivity index (χ4v) is 2.21. The Bertz CT molecular complexity index is 363. The summed E-state index contributed by atoms with van der Waals surface area (Å²) in [4.78, 5) is 10.6. The van der Waals surface area contributed by atoms with Gasteiger partial charge in [0.05, 0.1) is 0 Å². The van der Waals surface area contributed by atoms with Gasteiger partial charge in [-0.05, 0) is 44.2 Å². The Hall–Kier alpha value is -0.830. The SMILES string of the molecule is CCN(CC1CCC1)c1nc(Cl)ncc1C. The van der Waals surface area contributed by atoms with Gasteiger partial charge in [0.25, 0.3) is 0 Å². The van der Waals surface area contributed by atoms with Gasteiger partial charge in [0.1, 0.15) is 5.82 Å². The van der Waals surface area contributed by atoms with Gasteiger partial charge in [0.15, 0.2) is 0 Å². The standard InChI is InChI=1S/C12H18ClN3/c1-3-16(8-10-5-4-6-10)11-9(2)7-14-12(13)15-11/h7,10H,3-6,8H2,1-2H3. The highest BCUT2D eigenvalue weighted by atomic mass is 35.5. The molecule has 88 valence electrons. The summed E-state index contributed by atoms with van der Waals surface area (Å²) in [5.41, 5.74) is 1.10. The molecule has 0 atom stereocenters. The number of hydrogen-bond acceptors (Lipinski definition) is 3. The average molecular weight is 240 g/mol. The van der Waals surface area contributed by atoms with E-state index in [1.807, 2.05) is 6.92 Å². The molecule has 0 bridgehead atoms. The van der Waals surface area contributed by atoms with Gasteiger partial charge in [-0.2, -0.15) is 0 Å². The van der Waals surface area contributed by atoms with Gasteiger partial charge in [0.2, 0.25) is 5.28 Å². The lowest BCUT2D eigenvalue weighted by Crippen LogP contribution is -2.33. The van der Waals surface area contributed by atoms with E-state index in [1.54, 1.807) is 6.20 Å². The third-order valence-electron chi connectivity index (χ3n) is 3.30. The van der Waals surface area contributed by atoms with Crippen LogP contribution in [0.5, 0.6) is 0 Å². The highest BCUT2D eigenvalue weighted by Crippen LogP contribution is 2.29. The van der Waals surface area contributed by atoms with Crippen LogP contribution in [-0.4, -0.2) is 23.1 Å². The minimum Gasteiger partial charge on any atom is -0.356 e. The van der Waals surface area contributed by atoms with Gasteiger partial charge < -0.3 is 4.90 Å². The normalized spacial score (nSPS) is 15.9. The number of aromatic nitrogens is 2. The first kappa shape index (κ1) is 11.6. The van der Waals surface area contributed by atoms with E-state index in [4.69, 9.17) is 11.6 Å². The zero-order valence-electron chi connectivity index (χ0n) is 9.91. The Labute approximate surface area is 102 Å². The Morgan fingerprint density at radius 1 is 1.50 bits per heavy atom. The van der Waals surface area contributed by atoms with Crippen LogP contribution >= 0.6 is 11.6 Å². The molecule has 1 aromatic heterocycles. The number of hydrogen-bond donors (Lipinski definition) is 0. The number of halogens is 1. The van der Waals surface area contributed by atoms with Crippen LogP contribution < -0.4 is 4.90 Å². The van der Waals surface area contributed by atoms with Crippen molar-refractivity contribution in [3.05, 3.63) is 17.0 Å². The molecule has 0 spiro atoms. The Kier molecular flexibility index (Phi) is 3.64. The summed E-state index contributed by atoms with van der Waals surface area (Å²) in [5, 5.41) is 0.340. The molecule has 1 fully saturated rings. The molecule has 1 aliphatic rings. The molecule has 0 aliphatic heterocycles. The second kappa shape index (κ2) is 5.00. The highest BCUT2D eigenvalue weighted by molar-refractivity contribution is 6.28. The smallest absolute Gasteiger partial charge is 0.224 e. The van der Waals surface area contributed by atoms with Crippen molar-refractivity contribution in [1.82, 2.24) is 9.97 Å².